The normalized spacial score (nSPS) is 15.4. The third-order valence-electron chi connectivity index (χ3n) is 5.13. The molecule has 2 nitrogen and oxygen atoms in total. The summed E-state index contributed by atoms with van der Waals surface area (Å²) >= 11 is 0. The van der Waals surface area contributed by atoms with Gasteiger partial charge in [0.1, 0.15) is 5.60 Å². The molecule has 0 radical (unpaired) electrons. The van der Waals surface area contributed by atoms with Gasteiger partial charge in [0.15, 0.2) is 0 Å². The van der Waals surface area contributed by atoms with Crippen molar-refractivity contribution in [2.75, 3.05) is 13.7 Å². The minimum absolute atomic E-state index is 0. The molecule has 25 heavy (non-hydrogen) atoms. The summed E-state index contributed by atoms with van der Waals surface area (Å²) < 4.78 is 6.50. The quantitative estimate of drug-likeness (QED) is 0.667. The van der Waals surface area contributed by atoms with Crippen molar-refractivity contribution in [2.24, 2.45) is 5.92 Å². The fraction of sp³-hybridized carbons (Fsp3) is 0.455. The van der Waals surface area contributed by atoms with Crippen molar-refractivity contribution in [1.29, 1.82) is 0 Å². The maximum Gasteiger partial charge on any atom is 0.120 e. The minimum atomic E-state index is -0.389. The largest absolute Gasteiger partial charge is 0.366 e. The van der Waals surface area contributed by atoms with Crippen molar-refractivity contribution in [3.05, 3.63) is 71.8 Å². The first-order valence-electron chi connectivity index (χ1n) is 9.20. The van der Waals surface area contributed by atoms with Crippen LogP contribution in [0.15, 0.2) is 60.7 Å². The van der Waals surface area contributed by atoms with Gasteiger partial charge in [-0.3, -0.25) is 0 Å². The van der Waals surface area contributed by atoms with E-state index in [0.717, 1.165) is 12.3 Å². The highest BCUT2D eigenvalue weighted by Crippen LogP contribution is 2.41. The van der Waals surface area contributed by atoms with Gasteiger partial charge in [-0.1, -0.05) is 73.5 Å². The lowest BCUT2D eigenvalue weighted by Gasteiger charge is -2.38. The highest BCUT2D eigenvalue weighted by atomic mass is 35.5. The first-order chi connectivity index (χ1) is 11.8. The predicted octanol–water partition coefficient (Wildman–Crippen LogP) is 5.17. The average Bonchev–Trinajstić information content (AvgIpc) is 3.46. The molecular weight excluding hydrogens is 330 g/mol. The SMILES string of the molecule is CCOC(CC(CC1CC1)NC)(c1ccccc1)c1ccccc1.Cl. The van der Waals surface area contributed by atoms with Gasteiger partial charge in [0.25, 0.3) is 0 Å². The Bertz CT molecular complexity index is 573. The Hall–Kier alpha value is -1.35. The van der Waals surface area contributed by atoms with Crippen LogP contribution in [0.4, 0.5) is 0 Å². The molecule has 3 heteroatoms. The van der Waals surface area contributed by atoms with Crippen molar-refractivity contribution in [3.8, 4) is 0 Å². The topological polar surface area (TPSA) is 21.3 Å². The van der Waals surface area contributed by atoms with Crippen molar-refractivity contribution >= 4 is 12.4 Å². The molecule has 0 heterocycles. The maximum absolute atomic E-state index is 6.50. The second kappa shape index (κ2) is 9.38. The van der Waals surface area contributed by atoms with Crippen LogP contribution in [0, 0.1) is 5.92 Å². The van der Waals surface area contributed by atoms with Crippen LogP contribution in [-0.2, 0) is 10.3 Å². The van der Waals surface area contributed by atoms with Gasteiger partial charge in [0.05, 0.1) is 0 Å². The van der Waals surface area contributed by atoms with Crippen LogP contribution in [0.5, 0.6) is 0 Å². The molecule has 0 aromatic heterocycles. The Morgan fingerprint density at radius 3 is 1.92 bits per heavy atom. The molecule has 136 valence electrons. The molecule has 0 bridgehead atoms. The van der Waals surface area contributed by atoms with Gasteiger partial charge in [-0.15, -0.1) is 12.4 Å². The summed E-state index contributed by atoms with van der Waals surface area (Å²) in [5, 5.41) is 3.55. The van der Waals surface area contributed by atoms with E-state index < -0.39 is 0 Å². The van der Waals surface area contributed by atoms with E-state index in [1.54, 1.807) is 0 Å². The fourth-order valence-electron chi connectivity index (χ4n) is 3.70. The third-order valence-corrected chi connectivity index (χ3v) is 5.13. The second-order valence-corrected chi connectivity index (χ2v) is 6.86. The number of hydrogen-bond donors (Lipinski definition) is 1. The Labute approximate surface area is 158 Å². The van der Waals surface area contributed by atoms with E-state index >= 15 is 0 Å². The number of nitrogens with one attached hydrogen (secondary N) is 1. The van der Waals surface area contributed by atoms with E-state index in [4.69, 9.17) is 4.74 Å². The predicted molar refractivity (Wildman–Crippen MR) is 107 cm³/mol. The van der Waals surface area contributed by atoms with E-state index in [1.165, 1.54) is 30.4 Å². The Kier molecular flexibility index (Phi) is 7.49. The first kappa shape index (κ1) is 20.0. The summed E-state index contributed by atoms with van der Waals surface area (Å²) in [4.78, 5) is 0. The number of halogens is 1. The highest BCUT2D eigenvalue weighted by molar-refractivity contribution is 5.85. The lowest BCUT2D eigenvalue weighted by molar-refractivity contribution is -0.0251. The summed E-state index contributed by atoms with van der Waals surface area (Å²) in [5.74, 6) is 0.897. The average molecular weight is 360 g/mol. The molecule has 1 atom stereocenters. The van der Waals surface area contributed by atoms with Crippen LogP contribution in [0.25, 0.3) is 0 Å². The van der Waals surface area contributed by atoms with Crippen molar-refractivity contribution < 1.29 is 4.74 Å². The van der Waals surface area contributed by atoms with Crippen molar-refractivity contribution in [1.82, 2.24) is 5.32 Å². The van der Waals surface area contributed by atoms with Gasteiger partial charge >= 0.3 is 0 Å². The monoisotopic (exact) mass is 359 g/mol. The lowest BCUT2D eigenvalue weighted by Crippen LogP contribution is -2.40. The third kappa shape index (κ3) is 4.84. The molecule has 3 rings (SSSR count). The number of ether oxygens (including phenoxy) is 1. The summed E-state index contributed by atoms with van der Waals surface area (Å²) in [6.45, 7) is 2.79. The van der Waals surface area contributed by atoms with Crippen LogP contribution in [0.1, 0.15) is 43.7 Å². The van der Waals surface area contributed by atoms with E-state index in [9.17, 15) is 0 Å². The maximum atomic E-state index is 6.50. The molecule has 0 amide bonds. The highest BCUT2D eigenvalue weighted by Gasteiger charge is 2.38. The van der Waals surface area contributed by atoms with Crippen molar-refractivity contribution in [3.63, 3.8) is 0 Å². The van der Waals surface area contributed by atoms with Gasteiger partial charge in [0, 0.05) is 19.1 Å². The Morgan fingerprint density at radius 1 is 1.00 bits per heavy atom. The van der Waals surface area contributed by atoms with E-state index in [1.807, 2.05) is 0 Å². The molecule has 0 spiro atoms. The van der Waals surface area contributed by atoms with E-state index in [-0.39, 0.29) is 18.0 Å². The fourth-order valence-corrected chi connectivity index (χ4v) is 3.70. The number of rotatable bonds is 9. The standard InChI is InChI=1S/C22H29NO.ClH/c1-3-24-22(19-10-6-4-7-11-19,20-12-8-5-9-13-20)17-21(23-2)16-18-14-15-18;/h4-13,18,21,23H,3,14-17H2,1-2H3;1H. The second-order valence-electron chi connectivity index (χ2n) is 6.86. The van der Waals surface area contributed by atoms with E-state index in [2.05, 4.69) is 80.0 Å². The van der Waals surface area contributed by atoms with Crippen LogP contribution < -0.4 is 5.32 Å². The molecule has 1 saturated carbocycles. The summed E-state index contributed by atoms with van der Waals surface area (Å²) in [7, 11) is 2.08. The molecule has 2 aromatic rings. The minimum Gasteiger partial charge on any atom is -0.366 e. The van der Waals surface area contributed by atoms with Crippen molar-refractivity contribution in [2.45, 2.75) is 44.2 Å². The molecule has 1 unspecified atom stereocenters. The molecule has 2 aromatic carbocycles. The molecule has 0 saturated heterocycles. The molecule has 1 N–H and O–H groups in total. The Morgan fingerprint density at radius 2 is 1.52 bits per heavy atom. The van der Waals surface area contributed by atoms with E-state index in [0.29, 0.717) is 12.6 Å². The van der Waals surface area contributed by atoms with Gasteiger partial charge in [-0.25, -0.2) is 0 Å². The zero-order valence-electron chi connectivity index (χ0n) is 15.3. The van der Waals surface area contributed by atoms with Gasteiger partial charge in [0.2, 0.25) is 0 Å². The smallest absolute Gasteiger partial charge is 0.120 e. The van der Waals surface area contributed by atoms with Gasteiger partial charge < -0.3 is 10.1 Å². The lowest BCUT2D eigenvalue weighted by atomic mass is 9.80. The van der Waals surface area contributed by atoms with Crippen LogP contribution >= 0.6 is 12.4 Å². The Balaban J connectivity index is 0.00000225. The molecule has 1 aliphatic carbocycles. The van der Waals surface area contributed by atoms with Gasteiger partial charge in [-0.05, 0) is 37.4 Å². The molecular formula is C22H30ClNO. The van der Waals surface area contributed by atoms with Crippen LogP contribution in [-0.4, -0.2) is 19.7 Å². The zero-order valence-corrected chi connectivity index (χ0v) is 16.1. The zero-order chi connectivity index (χ0) is 16.8. The summed E-state index contributed by atoms with van der Waals surface area (Å²) in [5.41, 5.74) is 2.10. The summed E-state index contributed by atoms with van der Waals surface area (Å²) in [6.07, 6.45) is 4.97. The van der Waals surface area contributed by atoms with Gasteiger partial charge in [-0.2, -0.15) is 0 Å². The molecule has 1 fully saturated rings. The summed E-state index contributed by atoms with van der Waals surface area (Å²) in [6, 6.07) is 21.9. The number of benzene rings is 2. The first-order valence-corrected chi connectivity index (χ1v) is 9.20. The molecule has 1 aliphatic rings. The number of hydrogen-bond acceptors (Lipinski definition) is 2. The van der Waals surface area contributed by atoms with Crippen LogP contribution in [0.3, 0.4) is 0 Å². The van der Waals surface area contributed by atoms with Crippen LogP contribution in [0.2, 0.25) is 0 Å². The molecule has 0 aliphatic heterocycles.